The van der Waals surface area contributed by atoms with Gasteiger partial charge in [-0.05, 0) is 26.2 Å². The van der Waals surface area contributed by atoms with Crippen LogP contribution in [0.25, 0.3) is 0 Å². The summed E-state index contributed by atoms with van der Waals surface area (Å²) in [6, 6.07) is 1.83. The van der Waals surface area contributed by atoms with Crippen LogP contribution < -0.4 is 10.6 Å². The van der Waals surface area contributed by atoms with Crippen LogP contribution in [0.4, 0.5) is 5.95 Å². The molecule has 1 aliphatic rings. The van der Waals surface area contributed by atoms with Crippen LogP contribution in [0.15, 0.2) is 23.5 Å². The van der Waals surface area contributed by atoms with Crippen molar-refractivity contribution >= 4 is 47.6 Å². The lowest BCUT2D eigenvalue weighted by molar-refractivity contribution is 0.377. The summed E-state index contributed by atoms with van der Waals surface area (Å²) >= 11 is 1.81. The molecule has 0 unspecified atom stereocenters. The lowest BCUT2D eigenvalue weighted by atomic mass is 10.2. The van der Waals surface area contributed by atoms with Crippen molar-refractivity contribution in [3.05, 3.63) is 18.5 Å². The molecule has 0 amide bonds. The zero-order chi connectivity index (χ0) is 15.3. The van der Waals surface area contributed by atoms with E-state index in [1.807, 2.05) is 17.8 Å². The van der Waals surface area contributed by atoms with Crippen LogP contribution >= 0.6 is 35.7 Å². The highest BCUT2D eigenvalue weighted by Crippen LogP contribution is 2.21. The van der Waals surface area contributed by atoms with Crippen LogP contribution in [0, 0.1) is 0 Å². The van der Waals surface area contributed by atoms with Gasteiger partial charge in [-0.15, -0.1) is 24.0 Å². The number of piperazine rings is 1. The van der Waals surface area contributed by atoms with Crippen LogP contribution in [0.5, 0.6) is 0 Å². The van der Waals surface area contributed by atoms with Gasteiger partial charge in [-0.2, -0.15) is 11.8 Å². The Morgan fingerprint density at radius 2 is 1.86 bits per heavy atom. The number of nitrogens with zero attached hydrogens (tertiary/aromatic N) is 5. The van der Waals surface area contributed by atoms with Gasteiger partial charge in [0.05, 0.1) is 6.54 Å². The second kappa shape index (κ2) is 8.76. The van der Waals surface area contributed by atoms with Crippen LogP contribution in [0.2, 0.25) is 0 Å². The average Bonchev–Trinajstić information content (AvgIpc) is 2.54. The van der Waals surface area contributed by atoms with Gasteiger partial charge in [0, 0.05) is 43.3 Å². The number of anilines is 1. The standard InChI is InChI=1S/C14H24N6S.HI/c1-14(2,21-3)11-18-12(15)19-7-9-20(10-8-19)13-16-5-4-6-17-13;/h4-6H,7-11H2,1-3H3,(H2,15,18);1H. The minimum absolute atomic E-state index is 0. The third-order valence-corrected chi connectivity index (χ3v) is 4.85. The highest BCUT2D eigenvalue weighted by molar-refractivity contribution is 14.0. The molecule has 0 aliphatic carbocycles. The van der Waals surface area contributed by atoms with Gasteiger partial charge in [0.15, 0.2) is 5.96 Å². The third kappa shape index (κ3) is 5.45. The molecule has 0 spiro atoms. The van der Waals surface area contributed by atoms with Crippen molar-refractivity contribution in [3.63, 3.8) is 0 Å². The molecule has 8 heteroatoms. The van der Waals surface area contributed by atoms with E-state index >= 15 is 0 Å². The molecule has 1 fully saturated rings. The average molecular weight is 436 g/mol. The van der Waals surface area contributed by atoms with Crippen molar-refractivity contribution in [1.29, 1.82) is 0 Å². The maximum absolute atomic E-state index is 6.11. The fraction of sp³-hybridized carbons (Fsp3) is 0.643. The van der Waals surface area contributed by atoms with Gasteiger partial charge < -0.3 is 15.5 Å². The lowest BCUT2D eigenvalue weighted by Gasteiger charge is -2.35. The largest absolute Gasteiger partial charge is 0.370 e. The van der Waals surface area contributed by atoms with E-state index in [1.54, 1.807) is 12.4 Å². The second-order valence-corrected chi connectivity index (χ2v) is 7.17. The van der Waals surface area contributed by atoms with Gasteiger partial charge in [0.1, 0.15) is 0 Å². The first-order chi connectivity index (χ1) is 10.0. The Bertz CT molecular complexity index is 473. The van der Waals surface area contributed by atoms with Gasteiger partial charge in [-0.3, -0.25) is 4.99 Å². The highest BCUT2D eigenvalue weighted by atomic mass is 127. The van der Waals surface area contributed by atoms with Crippen molar-refractivity contribution in [2.24, 2.45) is 10.7 Å². The molecule has 1 aromatic heterocycles. The molecule has 2 heterocycles. The maximum atomic E-state index is 6.11. The van der Waals surface area contributed by atoms with E-state index in [1.165, 1.54) is 0 Å². The number of aromatic nitrogens is 2. The summed E-state index contributed by atoms with van der Waals surface area (Å²) < 4.78 is 0.129. The molecule has 0 bridgehead atoms. The Hall–Kier alpha value is -0.770. The molecule has 6 nitrogen and oxygen atoms in total. The predicted molar refractivity (Wildman–Crippen MR) is 105 cm³/mol. The summed E-state index contributed by atoms with van der Waals surface area (Å²) in [6.45, 7) is 8.54. The molecule has 0 radical (unpaired) electrons. The number of nitrogens with two attached hydrogens (primary N) is 1. The molecule has 2 rings (SSSR count). The first-order valence-electron chi connectivity index (χ1n) is 7.14. The highest BCUT2D eigenvalue weighted by Gasteiger charge is 2.21. The van der Waals surface area contributed by atoms with Crippen LogP contribution in [0.1, 0.15) is 13.8 Å². The van der Waals surface area contributed by atoms with E-state index in [0.29, 0.717) is 5.96 Å². The molecule has 1 aromatic rings. The fourth-order valence-corrected chi connectivity index (χ4v) is 2.22. The maximum Gasteiger partial charge on any atom is 0.225 e. The first-order valence-corrected chi connectivity index (χ1v) is 8.36. The van der Waals surface area contributed by atoms with Gasteiger partial charge in [0.25, 0.3) is 0 Å². The van der Waals surface area contributed by atoms with E-state index in [0.717, 1.165) is 38.7 Å². The number of halogens is 1. The summed E-state index contributed by atoms with van der Waals surface area (Å²) in [5.41, 5.74) is 6.11. The number of hydrogen-bond acceptors (Lipinski definition) is 5. The predicted octanol–water partition coefficient (Wildman–Crippen LogP) is 1.67. The van der Waals surface area contributed by atoms with Crippen LogP contribution in [0.3, 0.4) is 0 Å². The smallest absolute Gasteiger partial charge is 0.225 e. The molecule has 22 heavy (non-hydrogen) atoms. The number of hydrogen-bond donors (Lipinski definition) is 1. The second-order valence-electron chi connectivity index (χ2n) is 5.66. The zero-order valence-electron chi connectivity index (χ0n) is 13.4. The molecule has 1 aliphatic heterocycles. The number of guanidine groups is 1. The molecule has 0 saturated carbocycles. The molecule has 0 aromatic carbocycles. The van der Waals surface area contributed by atoms with Crippen molar-refractivity contribution in [2.75, 3.05) is 43.9 Å². The summed E-state index contributed by atoms with van der Waals surface area (Å²) in [5, 5.41) is 0. The Balaban J connectivity index is 0.00000242. The number of rotatable bonds is 4. The van der Waals surface area contributed by atoms with Gasteiger partial charge in [0.2, 0.25) is 5.95 Å². The normalized spacial score (nSPS) is 16.4. The minimum Gasteiger partial charge on any atom is -0.370 e. The number of thioether (sulfide) groups is 1. The summed E-state index contributed by atoms with van der Waals surface area (Å²) in [6.07, 6.45) is 5.65. The topological polar surface area (TPSA) is 70.6 Å². The molecule has 0 atom stereocenters. The summed E-state index contributed by atoms with van der Waals surface area (Å²) in [7, 11) is 0. The van der Waals surface area contributed by atoms with E-state index in [2.05, 4.69) is 44.9 Å². The Morgan fingerprint density at radius 3 is 2.41 bits per heavy atom. The van der Waals surface area contributed by atoms with E-state index in [9.17, 15) is 0 Å². The van der Waals surface area contributed by atoms with Gasteiger partial charge in [-0.1, -0.05) is 0 Å². The minimum atomic E-state index is 0. The molecule has 2 N–H and O–H groups in total. The van der Waals surface area contributed by atoms with Crippen molar-refractivity contribution in [2.45, 2.75) is 18.6 Å². The van der Waals surface area contributed by atoms with Crippen LogP contribution in [-0.4, -0.2) is 64.6 Å². The summed E-state index contributed by atoms with van der Waals surface area (Å²) in [5.74, 6) is 1.43. The first kappa shape index (κ1) is 19.3. The monoisotopic (exact) mass is 436 g/mol. The van der Waals surface area contributed by atoms with E-state index < -0.39 is 0 Å². The molecule has 124 valence electrons. The molecular weight excluding hydrogens is 411 g/mol. The quantitative estimate of drug-likeness (QED) is 0.440. The van der Waals surface area contributed by atoms with Crippen molar-refractivity contribution in [3.8, 4) is 0 Å². The van der Waals surface area contributed by atoms with E-state index in [4.69, 9.17) is 5.73 Å². The number of aliphatic imine (C=N–C) groups is 1. The third-order valence-electron chi connectivity index (χ3n) is 3.61. The Morgan fingerprint density at radius 1 is 1.27 bits per heavy atom. The van der Waals surface area contributed by atoms with E-state index in [-0.39, 0.29) is 28.7 Å². The van der Waals surface area contributed by atoms with Crippen molar-refractivity contribution < 1.29 is 0 Å². The SMILES string of the molecule is CSC(C)(C)CN=C(N)N1CCN(c2ncccn2)CC1.I. The van der Waals surface area contributed by atoms with Gasteiger partial charge in [-0.25, -0.2) is 9.97 Å². The lowest BCUT2D eigenvalue weighted by Crippen LogP contribution is -2.51. The summed E-state index contributed by atoms with van der Waals surface area (Å²) in [4.78, 5) is 17.4. The molecule has 1 saturated heterocycles. The van der Waals surface area contributed by atoms with Gasteiger partial charge >= 0.3 is 0 Å². The Labute approximate surface area is 154 Å². The van der Waals surface area contributed by atoms with Crippen molar-refractivity contribution in [1.82, 2.24) is 14.9 Å². The molecular formula is C14H25IN6S. The fourth-order valence-electron chi connectivity index (χ4n) is 2.03. The Kier molecular flexibility index (Phi) is 7.67. The van der Waals surface area contributed by atoms with Crippen LogP contribution in [-0.2, 0) is 0 Å². The zero-order valence-corrected chi connectivity index (χ0v) is 16.5.